The molecule has 3 unspecified atom stereocenters. The molecule has 2 heterocycles. The summed E-state index contributed by atoms with van der Waals surface area (Å²) in [6.07, 6.45) is 8.32. The van der Waals surface area contributed by atoms with Crippen LogP contribution in [-0.4, -0.2) is 36.7 Å². The van der Waals surface area contributed by atoms with E-state index >= 15 is 0 Å². The molecule has 0 aromatic rings. The summed E-state index contributed by atoms with van der Waals surface area (Å²) < 4.78 is 0. The molecule has 17 heavy (non-hydrogen) atoms. The van der Waals surface area contributed by atoms with E-state index in [1.165, 1.54) is 63.1 Å². The summed E-state index contributed by atoms with van der Waals surface area (Å²) in [5.41, 5.74) is 0. The van der Waals surface area contributed by atoms with Gasteiger partial charge >= 0.3 is 0 Å². The SMILES string of the molecule is CC(CC1CCCCCN1)NCC1CCSC1. The van der Waals surface area contributed by atoms with Crippen LogP contribution in [-0.2, 0) is 0 Å². The maximum Gasteiger partial charge on any atom is 0.00817 e. The zero-order chi connectivity index (χ0) is 11.9. The van der Waals surface area contributed by atoms with Gasteiger partial charge in [-0.2, -0.15) is 11.8 Å². The fraction of sp³-hybridized carbons (Fsp3) is 1.00. The van der Waals surface area contributed by atoms with Gasteiger partial charge in [-0.1, -0.05) is 12.8 Å². The number of hydrogen-bond donors (Lipinski definition) is 2. The lowest BCUT2D eigenvalue weighted by Crippen LogP contribution is -2.38. The molecule has 0 saturated carbocycles. The van der Waals surface area contributed by atoms with Crippen molar-refractivity contribution in [3.05, 3.63) is 0 Å². The van der Waals surface area contributed by atoms with Crippen molar-refractivity contribution in [2.75, 3.05) is 24.6 Å². The van der Waals surface area contributed by atoms with Crippen LogP contribution in [0.3, 0.4) is 0 Å². The highest BCUT2D eigenvalue weighted by Crippen LogP contribution is 2.22. The quantitative estimate of drug-likeness (QED) is 0.791. The Morgan fingerprint density at radius 2 is 2.24 bits per heavy atom. The van der Waals surface area contributed by atoms with E-state index in [9.17, 15) is 0 Å². The average Bonchev–Trinajstić information content (AvgIpc) is 2.72. The number of thioether (sulfide) groups is 1. The highest BCUT2D eigenvalue weighted by Gasteiger charge is 2.18. The lowest BCUT2D eigenvalue weighted by molar-refractivity contribution is 0.385. The predicted molar refractivity (Wildman–Crippen MR) is 77.8 cm³/mol. The molecule has 2 N–H and O–H groups in total. The van der Waals surface area contributed by atoms with Crippen LogP contribution >= 0.6 is 11.8 Å². The molecule has 0 aliphatic carbocycles. The minimum atomic E-state index is 0.677. The van der Waals surface area contributed by atoms with E-state index in [2.05, 4.69) is 29.3 Å². The van der Waals surface area contributed by atoms with Crippen molar-refractivity contribution in [2.45, 2.75) is 57.5 Å². The molecular weight excluding hydrogens is 228 g/mol. The van der Waals surface area contributed by atoms with Crippen LogP contribution in [0.2, 0.25) is 0 Å². The van der Waals surface area contributed by atoms with E-state index in [4.69, 9.17) is 0 Å². The fourth-order valence-corrected chi connectivity index (χ4v) is 4.21. The van der Waals surface area contributed by atoms with Gasteiger partial charge in [0.05, 0.1) is 0 Å². The Labute approximate surface area is 111 Å². The summed E-state index contributed by atoms with van der Waals surface area (Å²) in [5.74, 6) is 3.69. The summed E-state index contributed by atoms with van der Waals surface area (Å²) in [4.78, 5) is 0. The van der Waals surface area contributed by atoms with Crippen LogP contribution in [0.1, 0.15) is 45.4 Å². The van der Waals surface area contributed by atoms with Gasteiger partial charge in [0.15, 0.2) is 0 Å². The van der Waals surface area contributed by atoms with Crippen LogP contribution < -0.4 is 10.6 Å². The lowest BCUT2D eigenvalue weighted by atomic mass is 10.0. The molecule has 2 fully saturated rings. The van der Waals surface area contributed by atoms with Crippen molar-refractivity contribution in [1.82, 2.24) is 10.6 Å². The minimum Gasteiger partial charge on any atom is -0.314 e. The number of nitrogens with one attached hydrogen (secondary N) is 2. The first-order valence-electron chi connectivity index (χ1n) is 7.39. The third-order valence-electron chi connectivity index (χ3n) is 4.08. The van der Waals surface area contributed by atoms with E-state index in [1.54, 1.807) is 0 Å². The summed E-state index contributed by atoms with van der Waals surface area (Å²) in [6.45, 7) is 4.83. The Balaban J connectivity index is 1.59. The van der Waals surface area contributed by atoms with Gasteiger partial charge in [0.25, 0.3) is 0 Å². The van der Waals surface area contributed by atoms with Gasteiger partial charge in [-0.25, -0.2) is 0 Å². The average molecular weight is 256 g/mol. The first-order chi connectivity index (χ1) is 8.34. The molecule has 0 radical (unpaired) electrons. The molecule has 0 spiro atoms. The van der Waals surface area contributed by atoms with E-state index in [0.717, 1.165) is 12.0 Å². The Bertz CT molecular complexity index is 196. The van der Waals surface area contributed by atoms with Crippen molar-refractivity contribution in [3.8, 4) is 0 Å². The third-order valence-corrected chi connectivity index (χ3v) is 5.31. The Kier molecular flexibility index (Phi) is 6.16. The molecular formula is C14H28N2S. The lowest BCUT2D eigenvalue weighted by Gasteiger charge is -2.22. The molecule has 2 aliphatic rings. The van der Waals surface area contributed by atoms with Crippen LogP contribution in [0.15, 0.2) is 0 Å². The van der Waals surface area contributed by atoms with Crippen LogP contribution in [0.5, 0.6) is 0 Å². The first-order valence-corrected chi connectivity index (χ1v) is 8.54. The molecule has 3 atom stereocenters. The van der Waals surface area contributed by atoms with Gasteiger partial charge in [0, 0.05) is 12.1 Å². The van der Waals surface area contributed by atoms with E-state index in [-0.39, 0.29) is 0 Å². The molecule has 2 saturated heterocycles. The maximum absolute atomic E-state index is 3.74. The predicted octanol–water partition coefficient (Wildman–Crippen LogP) is 2.64. The monoisotopic (exact) mass is 256 g/mol. The zero-order valence-corrected chi connectivity index (χ0v) is 12.0. The van der Waals surface area contributed by atoms with E-state index in [0.29, 0.717) is 6.04 Å². The van der Waals surface area contributed by atoms with E-state index < -0.39 is 0 Å². The molecule has 100 valence electrons. The van der Waals surface area contributed by atoms with Gasteiger partial charge in [0.2, 0.25) is 0 Å². The number of hydrogen-bond acceptors (Lipinski definition) is 3. The molecule has 0 aromatic carbocycles. The molecule has 0 bridgehead atoms. The van der Waals surface area contributed by atoms with Crippen LogP contribution in [0.25, 0.3) is 0 Å². The van der Waals surface area contributed by atoms with Gasteiger partial charge in [-0.05, 0) is 63.1 Å². The fourth-order valence-electron chi connectivity index (χ4n) is 2.92. The first kappa shape index (κ1) is 13.7. The second-order valence-electron chi connectivity index (χ2n) is 5.77. The van der Waals surface area contributed by atoms with Crippen molar-refractivity contribution < 1.29 is 0 Å². The molecule has 2 nitrogen and oxygen atoms in total. The van der Waals surface area contributed by atoms with Crippen LogP contribution in [0.4, 0.5) is 0 Å². The van der Waals surface area contributed by atoms with Gasteiger partial charge < -0.3 is 10.6 Å². The summed E-state index contributed by atoms with van der Waals surface area (Å²) in [7, 11) is 0. The second kappa shape index (κ2) is 7.65. The highest BCUT2D eigenvalue weighted by atomic mass is 32.2. The van der Waals surface area contributed by atoms with Gasteiger partial charge in [-0.15, -0.1) is 0 Å². The highest BCUT2D eigenvalue weighted by molar-refractivity contribution is 7.99. The number of rotatable bonds is 5. The summed E-state index contributed by atoms with van der Waals surface area (Å²) in [5, 5.41) is 7.44. The zero-order valence-electron chi connectivity index (χ0n) is 11.2. The Morgan fingerprint density at radius 1 is 1.29 bits per heavy atom. The van der Waals surface area contributed by atoms with E-state index in [1.807, 2.05) is 0 Å². The Hall–Kier alpha value is 0.270. The van der Waals surface area contributed by atoms with Crippen molar-refractivity contribution in [3.63, 3.8) is 0 Å². The van der Waals surface area contributed by atoms with Gasteiger partial charge in [-0.3, -0.25) is 0 Å². The summed E-state index contributed by atoms with van der Waals surface area (Å²) in [6, 6.07) is 1.44. The van der Waals surface area contributed by atoms with Crippen molar-refractivity contribution >= 4 is 11.8 Å². The smallest absolute Gasteiger partial charge is 0.00817 e. The maximum atomic E-state index is 3.74. The minimum absolute atomic E-state index is 0.677. The standard InChI is InChI=1S/C14H28N2S/c1-12(16-10-13-6-8-17-11-13)9-14-5-3-2-4-7-15-14/h12-16H,2-11H2,1H3. The molecule has 0 aromatic heterocycles. The Morgan fingerprint density at radius 3 is 3.06 bits per heavy atom. The van der Waals surface area contributed by atoms with Crippen LogP contribution in [0, 0.1) is 5.92 Å². The third kappa shape index (κ3) is 5.19. The molecule has 0 amide bonds. The van der Waals surface area contributed by atoms with Crippen molar-refractivity contribution in [2.24, 2.45) is 5.92 Å². The second-order valence-corrected chi connectivity index (χ2v) is 6.92. The normalized spacial score (nSPS) is 32.3. The molecule has 2 rings (SSSR count). The molecule has 2 aliphatic heterocycles. The van der Waals surface area contributed by atoms with Crippen molar-refractivity contribution in [1.29, 1.82) is 0 Å². The molecule has 3 heteroatoms. The topological polar surface area (TPSA) is 24.1 Å². The summed E-state index contributed by atoms with van der Waals surface area (Å²) >= 11 is 2.12. The largest absolute Gasteiger partial charge is 0.314 e. The van der Waals surface area contributed by atoms with Gasteiger partial charge in [0.1, 0.15) is 0 Å².